The van der Waals surface area contributed by atoms with Gasteiger partial charge in [0.1, 0.15) is 0 Å². The van der Waals surface area contributed by atoms with Crippen molar-refractivity contribution in [2.45, 2.75) is 45.2 Å². The molecular formula is C15H22N2O. The number of rotatable bonds is 2. The van der Waals surface area contributed by atoms with Crippen LogP contribution in [0.15, 0.2) is 24.3 Å². The predicted octanol–water partition coefficient (Wildman–Crippen LogP) is 2.05. The Labute approximate surface area is 109 Å². The first-order valence-corrected chi connectivity index (χ1v) is 6.62. The molecule has 1 aliphatic heterocycles. The largest absolute Gasteiger partial charge is 0.338 e. The van der Waals surface area contributed by atoms with E-state index >= 15 is 0 Å². The summed E-state index contributed by atoms with van der Waals surface area (Å²) in [6, 6.07) is 8.32. The van der Waals surface area contributed by atoms with Crippen molar-refractivity contribution >= 4 is 5.91 Å². The van der Waals surface area contributed by atoms with Crippen LogP contribution in [0.4, 0.5) is 0 Å². The second kappa shape index (κ2) is 5.11. The molecule has 2 rings (SSSR count). The number of likely N-dealkylation sites (tertiary alicyclic amines) is 1. The Hall–Kier alpha value is -1.35. The molecule has 0 aliphatic carbocycles. The first-order chi connectivity index (χ1) is 8.50. The van der Waals surface area contributed by atoms with Gasteiger partial charge >= 0.3 is 0 Å². The van der Waals surface area contributed by atoms with Crippen LogP contribution < -0.4 is 5.73 Å². The number of hydrogen-bond acceptors (Lipinski definition) is 2. The van der Waals surface area contributed by atoms with Crippen molar-refractivity contribution in [1.29, 1.82) is 0 Å². The highest BCUT2D eigenvalue weighted by atomic mass is 16.2. The van der Waals surface area contributed by atoms with E-state index in [0.29, 0.717) is 5.92 Å². The SMILES string of the molecule is Cc1ccccc1[C@@H]1C[C@H](C)N(C(=O)[C@H](C)N)C1. The van der Waals surface area contributed by atoms with E-state index < -0.39 is 6.04 Å². The highest BCUT2D eigenvalue weighted by Crippen LogP contribution is 2.33. The normalized spacial score (nSPS) is 25.2. The summed E-state index contributed by atoms with van der Waals surface area (Å²) in [6.07, 6.45) is 1.03. The van der Waals surface area contributed by atoms with E-state index in [2.05, 4.69) is 38.1 Å². The fourth-order valence-corrected chi connectivity index (χ4v) is 2.87. The lowest BCUT2D eigenvalue weighted by Gasteiger charge is -2.23. The van der Waals surface area contributed by atoms with Gasteiger partial charge in [-0.15, -0.1) is 0 Å². The molecule has 1 aromatic carbocycles. The van der Waals surface area contributed by atoms with Gasteiger partial charge < -0.3 is 10.6 Å². The molecule has 1 aliphatic rings. The zero-order chi connectivity index (χ0) is 13.3. The number of nitrogens with zero attached hydrogens (tertiary/aromatic N) is 1. The van der Waals surface area contributed by atoms with E-state index in [1.165, 1.54) is 11.1 Å². The van der Waals surface area contributed by atoms with Crippen molar-refractivity contribution in [3.05, 3.63) is 35.4 Å². The summed E-state index contributed by atoms with van der Waals surface area (Å²) in [6.45, 7) is 6.80. The summed E-state index contributed by atoms with van der Waals surface area (Å²) in [5, 5.41) is 0. The summed E-state index contributed by atoms with van der Waals surface area (Å²) in [5.74, 6) is 0.516. The monoisotopic (exact) mass is 246 g/mol. The van der Waals surface area contributed by atoms with Crippen molar-refractivity contribution in [3.63, 3.8) is 0 Å². The Bertz CT molecular complexity index is 442. The molecule has 0 bridgehead atoms. The maximum Gasteiger partial charge on any atom is 0.239 e. The van der Waals surface area contributed by atoms with E-state index in [9.17, 15) is 4.79 Å². The molecular weight excluding hydrogens is 224 g/mol. The van der Waals surface area contributed by atoms with Crippen LogP contribution in [0.1, 0.15) is 37.3 Å². The Morgan fingerprint density at radius 2 is 2.11 bits per heavy atom. The van der Waals surface area contributed by atoms with Crippen molar-refractivity contribution in [3.8, 4) is 0 Å². The number of carbonyl (C=O) groups is 1. The minimum atomic E-state index is -0.400. The highest BCUT2D eigenvalue weighted by Gasteiger charge is 2.34. The Morgan fingerprint density at radius 1 is 1.44 bits per heavy atom. The minimum Gasteiger partial charge on any atom is -0.338 e. The second-order valence-electron chi connectivity index (χ2n) is 5.42. The van der Waals surface area contributed by atoms with Gasteiger partial charge in [-0.05, 0) is 38.3 Å². The van der Waals surface area contributed by atoms with Crippen LogP contribution in [-0.2, 0) is 4.79 Å². The van der Waals surface area contributed by atoms with Gasteiger partial charge in [0.2, 0.25) is 5.91 Å². The number of nitrogens with two attached hydrogens (primary N) is 1. The zero-order valence-corrected chi connectivity index (χ0v) is 11.4. The van der Waals surface area contributed by atoms with Gasteiger partial charge in [-0.2, -0.15) is 0 Å². The molecule has 0 radical (unpaired) electrons. The maximum absolute atomic E-state index is 12.0. The number of amides is 1. The summed E-state index contributed by atoms with van der Waals surface area (Å²) in [4.78, 5) is 14.0. The summed E-state index contributed by atoms with van der Waals surface area (Å²) in [5.41, 5.74) is 8.38. The standard InChI is InChI=1S/C15H22N2O/c1-10-6-4-5-7-14(10)13-8-11(2)17(9-13)15(18)12(3)16/h4-7,11-13H,8-9,16H2,1-3H3/t11-,12-,13+/m0/s1. The Morgan fingerprint density at radius 3 is 2.72 bits per heavy atom. The number of carbonyl (C=O) groups excluding carboxylic acids is 1. The molecule has 0 saturated carbocycles. The number of hydrogen-bond donors (Lipinski definition) is 1. The van der Waals surface area contributed by atoms with Crippen molar-refractivity contribution in [2.24, 2.45) is 5.73 Å². The summed E-state index contributed by atoms with van der Waals surface area (Å²) < 4.78 is 0. The van der Waals surface area contributed by atoms with E-state index in [1.54, 1.807) is 6.92 Å². The fourth-order valence-electron chi connectivity index (χ4n) is 2.87. The lowest BCUT2D eigenvalue weighted by molar-refractivity contribution is -0.132. The van der Waals surface area contributed by atoms with Crippen LogP contribution >= 0.6 is 0 Å². The van der Waals surface area contributed by atoms with Crippen LogP contribution in [0, 0.1) is 6.92 Å². The van der Waals surface area contributed by atoms with Crippen LogP contribution in [0.5, 0.6) is 0 Å². The first kappa shape index (κ1) is 13.1. The van der Waals surface area contributed by atoms with E-state index in [-0.39, 0.29) is 11.9 Å². The Balaban J connectivity index is 2.16. The molecule has 18 heavy (non-hydrogen) atoms. The number of aryl methyl sites for hydroxylation is 1. The average molecular weight is 246 g/mol. The van der Waals surface area contributed by atoms with Crippen molar-refractivity contribution in [2.75, 3.05) is 6.54 Å². The fraction of sp³-hybridized carbons (Fsp3) is 0.533. The molecule has 0 spiro atoms. The molecule has 0 aromatic heterocycles. The predicted molar refractivity (Wildman–Crippen MR) is 73.4 cm³/mol. The van der Waals surface area contributed by atoms with Crippen LogP contribution in [-0.4, -0.2) is 29.4 Å². The molecule has 3 heteroatoms. The highest BCUT2D eigenvalue weighted by molar-refractivity contribution is 5.81. The molecule has 98 valence electrons. The van der Waals surface area contributed by atoms with Crippen LogP contribution in [0.2, 0.25) is 0 Å². The topological polar surface area (TPSA) is 46.3 Å². The average Bonchev–Trinajstić information content (AvgIpc) is 2.70. The number of benzene rings is 1. The lowest BCUT2D eigenvalue weighted by Crippen LogP contribution is -2.43. The van der Waals surface area contributed by atoms with Gasteiger partial charge in [-0.25, -0.2) is 0 Å². The molecule has 0 unspecified atom stereocenters. The van der Waals surface area contributed by atoms with E-state index in [0.717, 1.165) is 13.0 Å². The second-order valence-corrected chi connectivity index (χ2v) is 5.42. The van der Waals surface area contributed by atoms with Crippen molar-refractivity contribution in [1.82, 2.24) is 4.90 Å². The molecule has 3 nitrogen and oxygen atoms in total. The quantitative estimate of drug-likeness (QED) is 0.868. The smallest absolute Gasteiger partial charge is 0.239 e. The Kier molecular flexibility index (Phi) is 3.71. The third-order valence-electron chi connectivity index (χ3n) is 3.88. The van der Waals surface area contributed by atoms with Gasteiger partial charge in [-0.3, -0.25) is 4.79 Å². The molecule has 1 fully saturated rings. The third-order valence-corrected chi connectivity index (χ3v) is 3.88. The summed E-state index contributed by atoms with van der Waals surface area (Å²) >= 11 is 0. The molecule has 1 aromatic rings. The van der Waals surface area contributed by atoms with Crippen molar-refractivity contribution < 1.29 is 4.79 Å². The third kappa shape index (κ3) is 2.41. The van der Waals surface area contributed by atoms with E-state index in [4.69, 9.17) is 5.73 Å². The molecule has 2 N–H and O–H groups in total. The molecule has 1 amide bonds. The molecule has 3 atom stereocenters. The minimum absolute atomic E-state index is 0.0681. The lowest BCUT2D eigenvalue weighted by atomic mass is 9.93. The van der Waals surface area contributed by atoms with Crippen LogP contribution in [0.25, 0.3) is 0 Å². The maximum atomic E-state index is 12.0. The van der Waals surface area contributed by atoms with Crippen LogP contribution in [0.3, 0.4) is 0 Å². The van der Waals surface area contributed by atoms with Gasteiger partial charge in [0.15, 0.2) is 0 Å². The summed E-state index contributed by atoms with van der Waals surface area (Å²) in [7, 11) is 0. The molecule has 1 heterocycles. The molecule has 1 saturated heterocycles. The van der Waals surface area contributed by atoms with Gasteiger partial charge in [0.05, 0.1) is 6.04 Å². The van der Waals surface area contributed by atoms with Gasteiger partial charge in [-0.1, -0.05) is 24.3 Å². The first-order valence-electron chi connectivity index (χ1n) is 6.62. The zero-order valence-electron chi connectivity index (χ0n) is 11.4. The van der Waals surface area contributed by atoms with Gasteiger partial charge in [0, 0.05) is 18.5 Å². The van der Waals surface area contributed by atoms with E-state index in [1.807, 2.05) is 4.90 Å². The van der Waals surface area contributed by atoms with Gasteiger partial charge in [0.25, 0.3) is 0 Å².